The first-order chi connectivity index (χ1) is 5.61. The minimum atomic E-state index is -1.76. The molecule has 0 aromatic carbocycles. The molecule has 1 N–H and O–H groups in total. The lowest BCUT2D eigenvalue weighted by molar-refractivity contribution is 0.0738. The molecule has 0 radical (unpaired) electrons. The lowest BCUT2D eigenvalue weighted by Gasteiger charge is -2.03. The van der Waals surface area contributed by atoms with E-state index in [9.17, 15) is 4.57 Å². The van der Waals surface area contributed by atoms with Crippen LogP contribution in [0.15, 0.2) is 0 Å². The quantitative estimate of drug-likeness (QED) is 0.646. The van der Waals surface area contributed by atoms with Gasteiger partial charge in [-0.15, -0.1) is 4.52 Å². The summed E-state index contributed by atoms with van der Waals surface area (Å²) in [6.45, 7) is 3.69. The average Bonchev–Trinajstić information content (AvgIpc) is 2.11. The molecule has 5 heteroatoms. The number of hydrogen-bond acceptors (Lipinski definition) is 4. The third-order valence-electron chi connectivity index (χ3n) is 1.46. The first-order valence-corrected chi connectivity index (χ1v) is 5.09. The second kappa shape index (κ2) is 6.49. The highest BCUT2D eigenvalue weighted by Crippen LogP contribution is 2.28. The number of ether oxygens (including phenoxy) is 1. The molecule has 0 aromatic rings. The first kappa shape index (κ1) is 12.0. The van der Waals surface area contributed by atoms with Crippen LogP contribution in [-0.2, 0) is 13.8 Å². The van der Waals surface area contributed by atoms with Gasteiger partial charge >= 0.3 is 8.03 Å². The Morgan fingerprint density at radius 2 is 2.08 bits per heavy atom. The average molecular weight is 195 g/mol. The largest absolute Gasteiger partial charge is 0.513 e. The zero-order valence-electron chi connectivity index (χ0n) is 7.69. The molecule has 0 bridgehead atoms. The van der Waals surface area contributed by atoms with Crippen molar-refractivity contribution in [2.24, 2.45) is 0 Å². The normalized spacial score (nSPS) is 17.2. The van der Waals surface area contributed by atoms with E-state index in [1.54, 1.807) is 14.0 Å². The third kappa shape index (κ3) is 4.78. The molecule has 0 aliphatic rings. The lowest BCUT2D eigenvalue weighted by atomic mass is 10.4. The smallest absolute Gasteiger partial charge is 0.392 e. The molecular formula is C7H16O4P+. The molecule has 0 saturated carbocycles. The van der Waals surface area contributed by atoms with E-state index in [-0.39, 0.29) is 18.4 Å². The predicted octanol–water partition coefficient (Wildman–Crippen LogP) is 1.16. The molecule has 0 aromatic heterocycles. The standard InChI is InChI=1S/C7H16O4P/c1-6(10-3)5-11-12(9)7(2)4-8/h6-8H,4-5H2,1-3H3/q+1. The maximum absolute atomic E-state index is 11.1. The molecule has 0 amide bonds. The van der Waals surface area contributed by atoms with Gasteiger partial charge in [-0.3, -0.25) is 0 Å². The summed E-state index contributed by atoms with van der Waals surface area (Å²) in [6, 6.07) is 0. The van der Waals surface area contributed by atoms with Gasteiger partial charge in [0.05, 0.1) is 12.7 Å². The number of rotatable bonds is 6. The summed E-state index contributed by atoms with van der Waals surface area (Å²) in [5, 5.41) is 8.63. The highest BCUT2D eigenvalue weighted by Gasteiger charge is 2.27. The Morgan fingerprint density at radius 1 is 1.50 bits per heavy atom. The predicted molar refractivity (Wildman–Crippen MR) is 46.6 cm³/mol. The van der Waals surface area contributed by atoms with Gasteiger partial charge in [0.1, 0.15) is 6.61 Å². The van der Waals surface area contributed by atoms with Crippen LogP contribution in [0.5, 0.6) is 0 Å². The lowest BCUT2D eigenvalue weighted by Crippen LogP contribution is -2.13. The monoisotopic (exact) mass is 195 g/mol. The summed E-state index contributed by atoms with van der Waals surface area (Å²) in [5.74, 6) is 0. The van der Waals surface area contributed by atoms with Gasteiger partial charge in [0.2, 0.25) is 5.66 Å². The van der Waals surface area contributed by atoms with Gasteiger partial charge in [-0.1, -0.05) is 0 Å². The SMILES string of the molecule is COC(C)CO[P+](=O)C(C)CO. The summed E-state index contributed by atoms with van der Waals surface area (Å²) in [5.41, 5.74) is -0.302. The second-order valence-electron chi connectivity index (χ2n) is 2.66. The van der Waals surface area contributed by atoms with Gasteiger partial charge in [0.25, 0.3) is 0 Å². The van der Waals surface area contributed by atoms with Gasteiger partial charge in [0, 0.05) is 7.11 Å². The van der Waals surface area contributed by atoms with Gasteiger partial charge in [-0.25, -0.2) is 0 Å². The summed E-state index contributed by atoms with van der Waals surface area (Å²) in [7, 11) is -0.194. The summed E-state index contributed by atoms with van der Waals surface area (Å²) in [4.78, 5) is 0. The fourth-order valence-electron chi connectivity index (χ4n) is 0.440. The van der Waals surface area contributed by atoms with Crippen molar-refractivity contribution in [3.63, 3.8) is 0 Å². The number of methoxy groups -OCH3 is 1. The Labute approximate surface area is 73.7 Å². The highest BCUT2D eigenvalue weighted by molar-refractivity contribution is 7.40. The Kier molecular flexibility index (Phi) is 6.48. The maximum Gasteiger partial charge on any atom is 0.513 e. The number of aliphatic hydroxyl groups excluding tert-OH is 1. The van der Waals surface area contributed by atoms with Crippen molar-refractivity contribution in [2.75, 3.05) is 20.3 Å². The van der Waals surface area contributed by atoms with E-state index in [2.05, 4.69) is 0 Å². The van der Waals surface area contributed by atoms with E-state index in [1.807, 2.05) is 6.92 Å². The summed E-state index contributed by atoms with van der Waals surface area (Å²) >= 11 is 0. The van der Waals surface area contributed by atoms with E-state index in [0.717, 1.165) is 0 Å². The van der Waals surface area contributed by atoms with Gasteiger partial charge in [0.15, 0.2) is 0 Å². The molecular weight excluding hydrogens is 179 g/mol. The van der Waals surface area contributed by atoms with Crippen LogP contribution < -0.4 is 0 Å². The van der Waals surface area contributed by atoms with Crippen molar-refractivity contribution in [1.29, 1.82) is 0 Å². The van der Waals surface area contributed by atoms with E-state index >= 15 is 0 Å². The topological polar surface area (TPSA) is 55.8 Å². The highest BCUT2D eigenvalue weighted by atomic mass is 31.1. The zero-order chi connectivity index (χ0) is 9.56. The van der Waals surface area contributed by atoms with Crippen molar-refractivity contribution in [1.82, 2.24) is 0 Å². The van der Waals surface area contributed by atoms with Crippen LogP contribution in [0.3, 0.4) is 0 Å². The minimum absolute atomic E-state index is 0.0603. The van der Waals surface area contributed by atoms with Crippen molar-refractivity contribution in [3.8, 4) is 0 Å². The number of aliphatic hydroxyl groups is 1. The zero-order valence-corrected chi connectivity index (χ0v) is 8.58. The molecule has 0 rings (SSSR count). The molecule has 0 saturated heterocycles. The maximum atomic E-state index is 11.1. The van der Waals surface area contributed by atoms with Crippen molar-refractivity contribution >= 4 is 8.03 Å². The molecule has 72 valence electrons. The van der Waals surface area contributed by atoms with Crippen LogP contribution in [0.1, 0.15) is 13.8 Å². The van der Waals surface area contributed by atoms with Crippen LogP contribution in [0.25, 0.3) is 0 Å². The van der Waals surface area contributed by atoms with E-state index < -0.39 is 8.03 Å². The Morgan fingerprint density at radius 3 is 2.50 bits per heavy atom. The molecule has 4 nitrogen and oxygen atoms in total. The van der Waals surface area contributed by atoms with Crippen LogP contribution in [0.2, 0.25) is 0 Å². The summed E-state index contributed by atoms with van der Waals surface area (Å²) in [6.07, 6.45) is -0.0603. The molecule has 3 unspecified atom stereocenters. The molecule has 0 heterocycles. The first-order valence-electron chi connectivity index (χ1n) is 3.84. The van der Waals surface area contributed by atoms with Crippen LogP contribution in [0.4, 0.5) is 0 Å². The van der Waals surface area contributed by atoms with Gasteiger partial charge in [-0.2, -0.15) is 0 Å². The minimum Gasteiger partial charge on any atom is -0.392 e. The van der Waals surface area contributed by atoms with Crippen LogP contribution in [0, 0.1) is 0 Å². The fraction of sp³-hybridized carbons (Fsp3) is 1.00. The molecule has 12 heavy (non-hydrogen) atoms. The van der Waals surface area contributed by atoms with Crippen LogP contribution in [-0.4, -0.2) is 37.2 Å². The fourth-order valence-corrected chi connectivity index (χ4v) is 1.19. The van der Waals surface area contributed by atoms with E-state index in [1.165, 1.54) is 0 Å². The van der Waals surface area contributed by atoms with E-state index in [4.69, 9.17) is 14.4 Å². The number of hydrogen-bond donors (Lipinski definition) is 1. The summed E-state index contributed by atoms with van der Waals surface area (Å²) < 4.78 is 21.0. The van der Waals surface area contributed by atoms with Crippen LogP contribution >= 0.6 is 8.03 Å². The Hall–Kier alpha value is -0.0200. The van der Waals surface area contributed by atoms with Crippen molar-refractivity contribution in [2.45, 2.75) is 25.6 Å². The Bertz CT molecular complexity index is 139. The second-order valence-corrected chi connectivity index (χ2v) is 4.37. The van der Waals surface area contributed by atoms with Gasteiger partial charge < -0.3 is 9.84 Å². The Balaban J connectivity index is 3.56. The molecule has 0 aliphatic carbocycles. The molecule has 3 atom stereocenters. The molecule has 0 spiro atoms. The van der Waals surface area contributed by atoms with Gasteiger partial charge in [-0.05, 0) is 18.4 Å². The van der Waals surface area contributed by atoms with Crippen molar-refractivity contribution < 1.29 is 18.9 Å². The molecule has 0 fully saturated rings. The molecule has 0 aliphatic heterocycles. The van der Waals surface area contributed by atoms with E-state index in [0.29, 0.717) is 6.61 Å². The van der Waals surface area contributed by atoms with Crippen molar-refractivity contribution in [3.05, 3.63) is 0 Å². The third-order valence-corrected chi connectivity index (χ3v) is 2.75.